The Labute approximate surface area is 100 Å². The van der Waals surface area contributed by atoms with E-state index in [-0.39, 0.29) is 6.61 Å². The van der Waals surface area contributed by atoms with Gasteiger partial charge in [0.1, 0.15) is 0 Å². The van der Waals surface area contributed by atoms with Gasteiger partial charge in [-0.1, -0.05) is 26.0 Å². The van der Waals surface area contributed by atoms with Crippen molar-refractivity contribution in [2.24, 2.45) is 0 Å². The molecular formula is C12H16N4O. The molecule has 17 heavy (non-hydrogen) atoms. The lowest BCUT2D eigenvalue weighted by Crippen LogP contribution is -2.05. The third kappa shape index (κ3) is 2.50. The SMILES string of the molecule is CC(C)c1ccc(-n2nnnc2CCO)cc1. The van der Waals surface area contributed by atoms with E-state index < -0.39 is 0 Å². The van der Waals surface area contributed by atoms with Crippen molar-refractivity contribution in [1.82, 2.24) is 20.2 Å². The zero-order chi connectivity index (χ0) is 12.3. The minimum Gasteiger partial charge on any atom is -0.396 e. The average molecular weight is 232 g/mol. The van der Waals surface area contributed by atoms with Crippen LogP contribution in [0.1, 0.15) is 31.2 Å². The quantitative estimate of drug-likeness (QED) is 0.863. The molecular weight excluding hydrogens is 216 g/mol. The van der Waals surface area contributed by atoms with Crippen LogP contribution in [0.3, 0.4) is 0 Å². The molecule has 1 heterocycles. The molecule has 0 spiro atoms. The monoisotopic (exact) mass is 232 g/mol. The Morgan fingerprint density at radius 3 is 2.53 bits per heavy atom. The molecule has 5 heteroatoms. The molecule has 0 saturated carbocycles. The number of aromatic nitrogens is 4. The molecule has 0 unspecified atom stereocenters. The topological polar surface area (TPSA) is 63.8 Å². The summed E-state index contributed by atoms with van der Waals surface area (Å²) < 4.78 is 1.65. The van der Waals surface area contributed by atoms with Gasteiger partial charge in [0, 0.05) is 6.42 Å². The largest absolute Gasteiger partial charge is 0.396 e. The molecule has 5 nitrogen and oxygen atoms in total. The third-order valence-electron chi connectivity index (χ3n) is 2.67. The van der Waals surface area contributed by atoms with E-state index in [0.29, 0.717) is 18.2 Å². The Hall–Kier alpha value is -1.75. The molecule has 2 rings (SSSR count). The van der Waals surface area contributed by atoms with Gasteiger partial charge >= 0.3 is 0 Å². The molecule has 0 aliphatic carbocycles. The first-order valence-corrected chi connectivity index (χ1v) is 5.71. The van der Waals surface area contributed by atoms with Crippen LogP contribution in [0.15, 0.2) is 24.3 Å². The van der Waals surface area contributed by atoms with Gasteiger partial charge in [0.15, 0.2) is 5.82 Å². The minimum absolute atomic E-state index is 0.0461. The highest BCUT2D eigenvalue weighted by atomic mass is 16.3. The third-order valence-corrected chi connectivity index (χ3v) is 2.67. The summed E-state index contributed by atoms with van der Waals surface area (Å²) >= 11 is 0. The number of aliphatic hydroxyl groups excluding tert-OH is 1. The van der Waals surface area contributed by atoms with Crippen molar-refractivity contribution in [3.8, 4) is 5.69 Å². The highest BCUT2D eigenvalue weighted by Crippen LogP contribution is 2.16. The number of nitrogens with zero attached hydrogens (tertiary/aromatic N) is 4. The molecule has 2 aromatic rings. The summed E-state index contributed by atoms with van der Waals surface area (Å²) in [5.41, 5.74) is 2.20. The standard InChI is InChI=1S/C12H16N4O/c1-9(2)10-3-5-11(6-4-10)16-12(7-8-17)13-14-15-16/h3-6,9,17H,7-8H2,1-2H3. The van der Waals surface area contributed by atoms with Gasteiger partial charge in [-0.25, -0.2) is 0 Å². The first kappa shape index (κ1) is 11.7. The molecule has 0 atom stereocenters. The van der Waals surface area contributed by atoms with Gasteiger partial charge in [0.25, 0.3) is 0 Å². The second-order valence-electron chi connectivity index (χ2n) is 4.23. The highest BCUT2D eigenvalue weighted by molar-refractivity contribution is 5.35. The zero-order valence-corrected chi connectivity index (χ0v) is 10.0. The molecule has 0 aliphatic heterocycles. The predicted octanol–water partition coefficient (Wildman–Crippen LogP) is 1.32. The lowest BCUT2D eigenvalue weighted by Gasteiger charge is -2.07. The summed E-state index contributed by atoms with van der Waals surface area (Å²) in [7, 11) is 0. The minimum atomic E-state index is 0.0461. The fourth-order valence-corrected chi connectivity index (χ4v) is 1.66. The maximum Gasteiger partial charge on any atom is 0.158 e. The van der Waals surface area contributed by atoms with E-state index in [0.717, 1.165) is 5.69 Å². The van der Waals surface area contributed by atoms with Gasteiger partial charge in [-0.2, -0.15) is 4.68 Å². The van der Waals surface area contributed by atoms with Crippen LogP contribution in [0, 0.1) is 0 Å². The van der Waals surface area contributed by atoms with Crippen LogP contribution in [0.2, 0.25) is 0 Å². The molecule has 0 amide bonds. The van der Waals surface area contributed by atoms with E-state index in [2.05, 4.69) is 41.5 Å². The van der Waals surface area contributed by atoms with Crippen LogP contribution in [-0.2, 0) is 6.42 Å². The molecule has 0 fully saturated rings. The number of benzene rings is 1. The van der Waals surface area contributed by atoms with Gasteiger partial charge < -0.3 is 5.11 Å². The van der Waals surface area contributed by atoms with Crippen molar-refractivity contribution >= 4 is 0 Å². The Morgan fingerprint density at radius 1 is 1.24 bits per heavy atom. The van der Waals surface area contributed by atoms with Crippen LogP contribution < -0.4 is 0 Å². The summed E-state index contributed by atoms with van der Waals surface area (Å²) in [6.45, 7) is 4.36. The molecule has 1 N–H and O–H groups in total. The molecule has 0 radical (unpaired) electrons. The van der Waals surface area contributed by atoms with E-state index in [4.69, 9.17) is 5.11 Å². The second kappa shape index (κ2) is 5.05. The van der Waals surface area contributed by atoms with Gasteiger partial charge in [0.05, 0.1) is 12.3 Å². The highest BCUT2D eigenvalue weighted by Gasteiger charge is 2.07. The zero-order valence-electron chi connectivity index (χ0n) is 10.0. The van der Waals surface area contributed by atoms with E-state index in [1.54, 1.807) is 4.68 Å². The summed E-state index contributed by atoms with van der Waals surface area (Å²) in [6, 6.07) is 8.13. The van der Waals surface area contributed by atoms with E-state index >= 15 is 0 Å². The lowest BCUT2D eigenvalue weighted by molar-refractivity contribution is 0.295. The van der Waals surface area contributed by atoms with Crippen molar-refractivity contribution in [1.29, 1.82) is 0 Å². The number of tetrazole rings is 1. The fraction of sp³-hybridized carbons (Fsp3) is 0.417. The van der Waals surface area contributed by atoms with Gasteiger partial charge in [-0.15, -0.1) is 5.10 Å². The number of aliphatic hydroxyl groups is 1. The van der Waals surface area contributed by atoms with Crippen molar-refractivity contribution in [3.63, 3.8) is 0 Å². The van der Waals surface area contributed by atoms with Crippen LogP contribution in [0.4, 0.5) is 0 Å². The first-order valence-electron chi connectivity index (χ1n) is 5.71. The summed E-state index contributed by atoms with van der Waals surface area (Å²) in [4.78, 5) is 0. The molecule has 0 bridgehead atoms. The maximum absolute atomic E-state index is 8.92. The molecule has 0 saturated heterocycles. The van der Waals surface area contributed by atoms with Crippen molar-refractivity contribution in [2.75, 3.05) is 6.61 Å². The second-order valence-corrected chi connectivity index (χ2v) is 4.23. The number of rotatable bonds is 4. The van der Waals surface area contributed by atoms with Crippen molar-refractivity contribution in [3.05, 3.63) is 35.7 Å². The predicted molar refractivity (Wildman–Crippen MR) is 64.0 cm³/mol. The van der Waals surface area contributed by atoms with E-state index in [1.165, 1.54) is 5.56 Å². The fourth-order valence-electron chi connectivity index (χ4n) is 1.66. The number of hydrogen-bond acceptors (Lipinski definition) is 4. The Balaban J connectivity index is 2.30. The van der Waals surface area contributed by atoms with Crippen LogP contribution in [0.5, 0.6) is 0 Å². The van der Waals surface area contributed by atoms with E-state index in [1.807, 2.05) is 12.1 Å². The van der Waals surface area contributed by atoms with Crippen LogP contribution >= 0.6 is 0 Å². The normalized spacial score (nSPS) is 11.1. The maximum atomic E-state index is 8.92. The molecule has 0 aliphatic rings. The van der Waals surface area contributed by atoms with Crippen molar-refractivity contribution < 1.29 is 5.11 Å². The van der Waals surface area contributed by atoms with E-state index in [9.17, 15) is 0 Å². The average Bonchev–Trinajstić information content (AvgIpc) is 2.78. The summed E-state index contributed by atoms with van der Waals surface area (Å²) in [6.07, 6.45) is 0.457. The van der Waals surface area contributed by atoms with Crippen LogP contribution in [-0.4, -0.2) is 31.9 Å². The molecule has 90 valence electrons. The smallest absolute Gasteiger partial charge is 0.158 e. The van der Waals surface area contributed by atoms with Crippen molar-refractivity contribution in [2.45, 2.75) is 26.2 Å². The number of hydrogen-bond donors (Lipinski definition) is 1. The lowest BCUT2D eigenvalue weighted by atomic mass is 10.0. The molecule has 1 aromatic heterocycles. The van der Waals surface area contributed by atoms with Gasteiger partial charge in [0.2, 0.25) is 0 Å². The Kier molecular flexibility index (Phi) is 3.49. The van der Waals surface area contributed by atoms with Crippen LogP contribution in [0.25, 0.3) is 5.69 Å². The Morgan fingerprint density at radius 2 is 1.94 bits per heavy atom. The Bertz CT molecular complexity index is 476. The summed E-state index contributed by atoms with van der Waals surface area (Å²) in [5.74, 6) is 1.18. The summed E-state index contributed by atoms with van der Waals surface area (Å²) in [5, 5.41) is 20.3. The first-order chi connectivity index (χ1) is 8.22. The molecule has 1 aromatic carbocycles. The van der Waals surface area contributed by atoms with Gasteiger partial charge in [-0.05, 0) is 34.0 Å². The van der Waals surface area contributed by atoms with Gasteiger partial charge in [-0.3, -0.25) is 0 Å².